The summed E-state index contributed by atoms with van der Waals surface area (Å²) in [5.74, 6) is 0.745. The van der Waals surface area contributed by atoms with Gasteiger partial charge in [-0.05, 0) is 45.7 Å². The fraction of sp³-hybridized carbons (Fsp3) is 0.588. The Morgan fingerprint density at radius 1 is 1.10 bits per heavy atom. The molecule has 0 bridgehead atoms. The van der Waals surface area contributed by atoms with Gasteiger partial charge in [-0.1, -0.05) is 26.0 Å². The average Bonchev–Trinajstić information content (AvgIpc) is 2.47. The van der Waals surface area contributed by atoms with Crippen LogP contribution in [-0.2, 0) is 0 Å². The summed E-state index contributed by atoms with van der Waals surface area (Å²) in [6, 6.07) is 7.96. The maximum Gasteiger partial charge on any atom is 0.258 e. The molecule has 2 atom stereocenters. The molecule has 0 N–H and O–H groups in total. The highest BCUT2D eigenvalue weighted by Gasteiger charge is 2.26. The Morgan fingerprint density at radius 2 is 1.65 bits per heavy atom. The minimum Gasteiger partial charge on any atom is -0.493 e. The average molecular weight is 277 g/mol. The Kier molecular flexibility index (Phi) is 6.56. The van der Waals surface area contributed by atoms with Crippen LogP contribution in [0.3, 0.4) is 0 Å². The van der Waals surface area contributed by atoms with Crippen LogP contribution < -0.4 is 4.74 Å². The van der Waals surface area contributed by atoms with E-state index < -0.39 is 0 Å². The second-order valence-corrected chi connectivity index (χ2v) is 5.16. The summed E-state index contributed by atoms with van der Waals surface area (Å²) in [5, 5.41) is 0. The number of para-hydroxylation sites is 1. The number of rotatable bonds is 7. The van der Waals surface area contributed by atoms with Gasteiger partial charge in [0.05, 0.1) is 12.2 Å². The largest absolute Gasteiger partial charge is 0.493 e. The van der Waals surface area contributed by atoms with E-state index >= 15 is 0 Å². The number of hydrogen-bond acceptors (Lipinski definition) is 2. The summed E-state index contributed by atoms with van der Waals surface area (Å²) < 4.78 is 5.59. The minimum absolute atomic E-state index is 0.0674. The van der Waals surface area contributed by atoms with Gasteiger partial charge in [0, 0.05) is 12.1 Å². The van der Waals surface area contributed by atoms with Crippen molar-refractivity contribution < 1.29 is 9.53 Å². The molecule has 0 heterocycles. The smallest absolute Gasteiger partial charge is 0.258 e. The monoisotopic (exact) mass is 277 g/mol. The highest BCUT2D eigenvalue weighted by atomic mass is 16.5. The van der Waals surface area contributed by atoms with E-state index in [0.717, 1.165) is 12.8 Å². The van der Waals surface area contributed by atoms with Gasteiger partial charge in [0.1, 0.15) is 5.75 Å². The zero-order valence-electron chi connectivity index (χ0n) is 13.3. The number of ether oxygens (including phenoxy) is 1. The topological polar surface area (TPSA) is 29.5 Å². The van der Waals surface area contributed by atoms with Crippen molar-refractivity contribution in [3.05, 3.63) is 29.8 Å². The van der Waals surface area contributed by atoms with Crippen molar-refractivity contribution in [2.75, 3.05) is 6.61 Å². The highest BCUT2D eigenvalue weighted by Crippen LogP contribution is 2.23. The Hall–Kier alpha value is -1.51. The zero-order chi connectivity index (χ0) is 15.1. The van der Waals surface area contributed by atoms with Crippen molar-refractivity contribution in [2.24, 2.45) is 0 Å². The fourth-order valence-corrected chi connectivity index (χ4v) is 2.29. The first-order valence-electron chi connectivity index (χ1n) is 7.61. The summed E-state index contributed by atoms with van der Waals surface area (Å²) in [6.45, 7) is 10.9. The summed E-state index contributed by atoms with van der Waals surface area (Å²) in [6.07, 6.45) is 1.90. The first kappa shape index (κ1) is 16.5. The summed E-state index contributed by atoms with van der Waals surface area (Å²) in [7, 11) is 0. The van der Waals surface area contributed by atoms with E-state index in [-0.39, 0.29) is 18.0 Å². The van der Waals surface area contributed by atoms with Crippen LogP contribution in [0.15, 0.2) is 24.3 Å². The number of nitrogens with zero attached hydrogens (tertiary/aromatic N) is 1. The molecule has 112 valence electrons. The van der Waals surface area contributed by atoms with Crippen LogP contribution in [-0.4, -0.2) is 29.5 Å². The number of benzene rings is 1. The molecule has 0 unspecified atom stereocenters. The molecule has 1 amide bonds. The Morgan fingerprint density at radius 3 is 2.15 bits per heavy atom. The molecule has 0 saturated carbocycles. The van der Waals surface area contributed by atoms with E-state index in [1.165, 1.54) is 0 Å². The minimum atomic E-state index is 0.0674. The lowest BCUT2D eigenvalue weighted by molar-refractivity contribution is 0.0594. The van der Waals surface area contributed by atoms with Crippen molar-refractivity contribution in [3.8, 4) is 5.75 Å². The first-order chi connectivity index (χ1) is 9.56. The van der Waals surface area contributed by atoms with Gasteiger partial charge in [0.2, 0.25) is 0 Å². The number of carbonyl (C=O) groups is 1. The molecule has 3 heteroatoms. The second-order valence-electron chi connectivity index (χ2n) is 5.16. The molecule has 1 aromatic rings. The maximum atomic E-state index is 12.9. The van der Waals surface area contributed by atoms with Gasteiger partial charge in [-0.25, -0.2) is 0 Å². The molecular formula is C17H27NO2. The van der Waals surface area contributed by atoms with Crippen LogP contribution in [0.5, 0.6) is 5.75 Å². The third kappa shape index (κ3) is 3.75. The summed E-state index contributed by atoms with van der Waals surface area (Å²) in [5.41, 5.74) is 0.662. The number of hydrogen-bond donors (Lipinski definition) is 0. The van der Waals surface area contributed by atoms with Gasteiger partial charge in [-0.15, -0.1) is 0 Å². The normalized spacial score (nSPS) is 13.7. The van der Waals surface area contributed by atoms with E-state index in [1.807, 2.05) is 36.1 Å². The first-order valence-corrected chi connectivity index (χ1v) is 7.61. The van der Waals surface area contributed by atoms with Crippen LogP contribution in [0.25, 0.3) is 0 Å². The lowest BCUT2D eigenvalue weighted by Crippen LogP contribution is -2.44. The van der Waals surface area contributed by atoms with Crippen LogP contribution in [0.1, 0.15) is 57.8 Å². The van der Waals surface area contributed by atoms with Gasteiger partial charge < -0.3 is 9.64 Å². The SMILES string of the molecule is CCOc1ccccc1C(=O)N([C@@H](C)CC)[C@@H](C)CC. The molecule has 0 aliphatic rings. The van der Waals surface area contributed by atoms with Crippen molar-refractivity contribution in [1.82, 2.24) is 4.90 Å². The quantitative estimate of drug-likeness (QED) is 0.750. The molecule has 0 aromatic heterocycles. The van der Waals surface area contributed by atoms with E-state index in [1.54, 1.807) is 0 Å². The lowest BCUT2D eigenvalue weighted by atomic mass is 10.1. The summed E-state index contributed by atoms with van der Waals surface area (Å²) in [4.78, 5) is 14.9. The molecule has 1 rings (SSSR count). The van der Waals surface area contributed by atoms with Crippen LogP contribution >= 0.6 is 0 Å². The molecule has 0 saturated heterocycles. The summed E-state index contributed by atoms with van der Waals surface area (Å²) >= 11 is 0. The third-order valence-corrected chi connectivity index (χ3v) is 3.78. The number of carbonyl (C=O) groups excluding carboxylic acids is 1. The molecule has 0 fully saturated rings. The zero-order valence-corrected chi connectivity index (χ0v) is 13.3. The molecule has 1 aromatic carbocycles. The molecule has 20 heavy (non-hydrogen) atoms. The fourth-order valence-electron chi connectivity index (χ4n) is 2.29. The molecular weight excluding hydrogens is 250 g/mol. The highest BCUT2D eigenvalue weighted by molar-refractivity contribution is 5.97. The van der Waals surface area contributed by atoms with Gasteiger partial charge >= 0.3 is 0 Å². The maximum absolute atomic E-state index is 12.9. The Bertz CT molecular complexity index is 421. The van der Waals surface area contributed by atoms with Crippen molar-refractivity contribution >= 4 is 5.91 Å². The van der Waals surface area contributed by atoms with Crippen LogP contribution in [0, 0.1) is 0 Å². The number of amides is 1. The lowest BCUT2D eigenvalue weighted by Gasteiger charge is -2.34. The van der Waals surface area contributed by atoms with E-state index in [0.29, 0.717) is 17.9 Å². The predicted molar refractivity (Wildman–Crippen MR) is 83.3 cm³/mol. The van der Waals surface area contributed by atoms with Crippen LogP contribution in [0.2, 0.25) is 0 Å². The van der Waals surface area contributed by atoms with Crippen molar-refractivity contribution in [3.63, 3.8) is 0 Å². The van der Waals surface area contributed by atoms with Crippen LogP contribution in [0.4, 0.5) is 0 Å². The standard InChI is InChI=1S/C17H27NO2/c1-6-13(4)18(14(5)7-2)17(19)15-11-9-10-12-16(15)20-8-3/h9-14H,6-8H2,1-5H3/t13-,14-/m0/s1. The van der Waals surface area contributed by atoms with E-state index in [4.69, 9.17) is 4.74 Å². The molecule has 0 spiro atoms. The van der Waals surface area contributed by atoms with E-state index in [2.05, 4.69) is 27.7 Å². The van der Waals surface area contributed by atoms with Gasteiger partial charge in [0.25, 0.3) is 5.91 Å². The molecule has 3 nitrogen and oxygen atoms in total. The van der Waals surface area contributed by atoms with Gasteiger partial charge in [-0.2, -0.15) is 0 Å². The molecule has 0 aliphatic carbocycles. The Labute approximate surface area is 122 Å². The molecule has 0 aliphatic heterocycles. The van der Waals surface area contributed by atoms with Gasteiger partial charge in [-0.3, -0.25) is 4.79 Å². The Balaban J connectivity index is 3.12. The van der Waals surface area contributed by atoms with E-state index in [9.17, 15) is 4.79 Å². The van der Waals surface area contributed by atoms with Crippen molar-refractivity contribution in [2.45, 2.75) is 59.5 Å². The molecule has 0 radical (unpaired) electrons. The third-order valence-electron chi connectivity index (χ3n) is 3.78. The second kappa shape index (κ2) is 7.93. The predicted octanol–water partition coefficient (Wildman–Crippen LogP) is 4.12. The van der Waals surface area contributed by atoms with Crippen molar-refractivity contribution in [1.29, 1.82) is 0 Å². The van der Waals surface area contributed by atoms with Gasteiger partial charge in [0.15, 0.2) is 0 Å².